The molecule has 0 spiro atoms. The van der Waals surface area contributed by atoms with Crippen LogP contribution < -0.4 is 4.90 Å². The number of amides is 1. The maximum atomic E-state index is 11.4. The van der Waals surface area contributed by atoms with Crippen LogP contribution in [0.5, 0.6) is 0 Å². The largest absolute Gasteiger partial charge is 0.314 e. The van der Waals surface area contributed by atoms with E-state index in [0.29, 0.717) is 6.42 Å². The Morgan fingerprint density at radius 3 is 2.62 bits per heavy atom. The van der Waals surface area contributed by atoms with Crippen molar-refractivity contribution in [1.29, 1.82) is 0 Å². The predicted octanol–water partition coefficient (Wildman–Crippen LogP) is 2.82. The van der Waals surface area contributed by atoms with Crippen LogP contribution in [-0.4, -0.2) is 13.0 Å². The third-order valence-corrected chi connectivity index (χ3v) is 2.56. The van der Waals surface area contributed by atoms with Gasteiger partial charge in [-0.15, -0.1) is 0 Å². The topological polar surface area (TPSA) is 20.3 Å². The van der Waals surface area contributed by atoms with E-state index < -0.39 is 0 Å². The summed E-state index contributed by atoms with van der Waals surface area (Å²) in [5, 5.41) is 0. The van der Waals surface area contributed by atoms with Gasteiger partial charge < -0.3 is 4.90 Å². The van der Waals surface area contributed by atoms with Gasteiger partial charge in [-0.25, -0.2) is 0 Å². The zero-order valence-electron chi connectivity index (χ0n) is 7.75. The Kier molecular flexibility index (Phi) is 3.48. The molecule has 0 N–H and O–H groups in total. The van der Waals surface area contributed by atoms with Gasteiger partial charge in [0.05, 0.1) is 5.69 Å². The van der Waals surface area contributed by atoms with Crippen molar-refractivity contribution in [2.24, 2.45) is 0 Å². The van der Waals surface area contributed by atoms with E-state index in [4.69, 9.17) is 0 Å². The molecule has 0 heterocycles. The number of rotatable bonds is 2. The first-order valence-electron chi connectivity index (χ1n) is 4.18. The summed E-state index contributed by atoms with van der Waals surface area (Å²) >= 11 is 3.40. The van der Waals surface area contributed by atoms with Gasteiger partial charge in [-0.2, -0.15) is 0 Å². The fourth-order valence-electron chi connectivity index (χ4n) is 1.10. The van der Waals surface area contributed by atoms with Crippen LogP contribution in [0.2, 0.25) is 0 Å². The smallest absolute Gasteiger partial charge is 0.226 e. The minimum absolute atomic E-state index is 0.118. The molecule has 1 aromatic carbocycles. The van der Waals surface area contributed by atoms with E-state index in [1.54, 1.807) is 11.9 Å². The molecular formula is C10H12BrNO. The van der Waals surface area contributed by atoms with Crippen molar-refractivity contribution in [2.75, 3.05) is 11.9 Å². The lowest BCUT2D eigenvalue weighted by Gasteiger charge is -2.17. The molecule has 0 radical (unpaired) electrons. The highest BCUT2D eigenvalue weighted by Gasteiger charge is 2.10. The molecule has 13 heavy (non-hydrogen) atoms. The second-order valence-electron chi connectivity index (χ2n) is 2.76. The van der Waals surface area contributed by atoms with Crippen molar-refractivity contribution >= 4 is 27.5 Å². The molecule has 0 saturated carbocycles. The molecule has 0 unspecified atom stereocenters. The molecule has 0 fully saturated rings. The van der Waals surface area contributed by atoms with Gasteiger partial charge in [-0.3, -0.25) is 4.79 Å². The van der Waals surface area contributed by atoms with Crippen molar-refractivity contribution in [3.8, 4) is 0 Å². The number of carbonyl (C=O) groups is 1. The SMILES string of the molecule is CCC(=O)N(C)c1ccccc1Br. The number of halogens is 1. The zero-order valence-corrected chi connectivity index (χ0v) is 9.34. The Morgan fingerprint density at radius 2 is 2.08 bits per heavy atom. The maximum absolute atomic E-state index is 11.4. The fourth-order valence-corrected chi connectivity index (χ4v) is 1.65. The second kappa shape index (κ2) is 4.42. The van der Waals surface area contributed by atoms with Crippen molar-refractivity contribution in [2.45, 2.75) is 13.3 Å². The van der Waals surface area contributed by atoms with Crippen LogP contribution in [0.3, 0.4) is 0 Å². The molecule has 3 heteroatoms. The minimum Gasteiger partial charge on any atom is -0.314 e. The van der Waals surface area contributed by atoms with E-state index >= 15 is 0 Å². The van der Waals surface area contributed by atoms with E-state index in [0.717, 1.165) is 10.2 Å². The first-order chi connectivity index (χ1) is 6.16. The molecule has 0 aromatic heterocycles. The predicted molar refractivity (Wildman–Crippen MR) is 57.8 cm³/mol. The van der Waals surface area contributed by atoms with Crippen LogP contribution in [0.25, 0.3) is 0 Å². The van der Waals surface area contributed by atoms with Crippen LogP contribution in [-0.2, 0) is 4.79 Å². The van der Waals surface area contributed by atoms with E-state index in [9.17, 15) is 4.79 Å². The standard InChI is InChI=1S/C10H12BrNO/c1-3-10(13)12(2)9-7-5-4-6-8(9)11/h4-7H,3H2,1-2H3. The molecule has 0 aliphatic rings. The summed E-state index contributed by atoms with van der Waals surface area (Å²) in [6, 6.07) is 7.68. The molecule has 2 nitrogen and oxygen atoms in total. The zero-order chi connectivity index (χ0) is 9.84. The van der Waals surface area contributed by atoms with Gasteiger partial charge in [-0.05, 0) is 28.1 Å². The Morgan fingerprint density at radius 1 is 1.46 bits per heavy atom. The third kappa shape index (κ3) is 2.31. The van der Waals surface area contributed by atoms with Crippen LogP contribution >= 0.6 is 15.9 Å². The molecule has 1 aromatic rings. The first-order valence-corrected chi connectivity index (χ1v) is 4.97. The summed E-state index contributed by atoms with van der Waals surface area (Å²) in [7, 11) is 1.78. The molecule has 0 saturated heterocycles. The molecule has 0 aliphatic carbocycles. The molecule has 0 bridgehead atoms. The molecule has 1 amide bonds. The number of nitrogens with zero attached hydrogens (tertiary/aromatic N) is 1. The first kappa shape index (κ1) is 10.3. The van der Waals surface area contributed by atoms with Gasteiger partial charge >= 0.3 is 0 Å². The number of para-hydroxylation sites is 1. The number of carbonyl (C=O) groups excluding carboxylic acids is 1. The monoisotopic (exact) mass is 241 g/mol. The Balaban J connectivity index is 2.95. The Labute approximate surface area is 86.7 Å². The van der Waals surface area contributed by atoms with Gasteiger partial charge in [0.2, 0.25) is 5.91 Å². The number of hydrogen-bond acceptors (Lipinski definition) is 1. The second-order valence-corrected chi connectivity index (χ2v) is 3.61. The molecule has 1 rings (SSSR count). The van der Waals surface area contributed by atoms with Gasteiger partial charge in [0, 0.05) is 17.9 Å². The Hall–Kier alpha value is -0.830. The van der Waals surface area contributed by atoms with Crippen LogP contribution in [0.1, 0.15) is 13.3 Å². The molecule has 0 atom stereocenters. The van der Waals surface area contributed by atoms with Gasteiger partial charge in [-0.1, -0.05) is 19.1 Å². The van der Waals surface area contributed by atoms with Crippen LogP contribution in [0.4, 0.5) is 5.69 Å². The van der Waals surface area contributed by atoms with Gasteiger partial charge in [0.15, 0.2) is 0 Å². The fraction of sp³-hybridized carbons (Fsp3) is 0.300. The van der Waals surface area contributed by atoms with Crippen molar-refractivity contribution in [3.05, 3.63) is 28.7 Å². The Bertz CT molecular complexity index is 312. The average molecular weight is 242 g/mol. The summed E-state index contributed by atoms with van der Waals surface area (Å²) < 4.78 is 0.944. The third-order valence-electron chi connectivity index (χ3n) is 1.89. The highest BCUT2D eigenvalue weighted by atomic mass is 79.9. The van der Waals surface area contributed by atoms with Crippen LogP contribution in [0.15, 0.2) is 28.7 Å². The van der Waals surface area contributed by atoms with Gasteiger partial charge in [0.25, 0.3) is 0 Å². The molecule has 0 aliphatic heterocycles. The van der Waals surface area contributed by atoms with Gasteiger partial charge in [0.1, 0.15) is 0 Å². The lowest BCUT2D eigenvalue weighted by atomic mass is 10.3. The average Bonchev–Trinajstić information content (AvgIpc) is 2.16. The highest BCUT2D eigenvalue weighted by Crippen LogP contribution is 2.24. The molecule has 70 valence electrons. The van der Waals surface area contributed by atoms with E-state index in [-0.39, 0.29) is 5.91 Å². The summed E-state index contributed by atoms with van der Waals surface area (Å²) in [5.41, 5.74) is 0.911. The number of hydrogen-bond donors (Lipinski definition) is 0. The lowest BCUT2D eigenvalue weighted by molar-refractivity contribution is -0.118. The lowest BCUT2D eigenvalue weighted by Crippen LogP contribution is -2.25. The normalized spacial score (nSPS) is 9.77. The molecular weight excluding hydrogens is 230 g/mol. The highest BCUT2D eigenvalue weighted by molar-refractivity contribution is 9.10. The summed E-state index contributed by atoms with van der Waals surface area (Å²) in [5.74, 6) is 0.118. The minimum atomic E-state index is 0.118. The summed E-state index contributed by atoms with van der Waals surface area (Å²) in [6.45, 7) is 1.86. The van der Waals surface area contributed by atoms with Crippen molar-refractivity contribution in [1.82, 2.24) is 0 Å². The van der Waals surface area contributed by atoms with Crippen molar-refractivity contribution in [3.63, 3.8) is 0 Å². The number of benzene rings is 1. The van der Waals surface area contributed by atoms with Crippen LogP contribution in [0, 0.1) is 0 Å². The van der Waals surface area contributed by atoms with E-state index in [1.807, 2.05) is 31.2 Å². The maximum Gasteiger partial charge on any atom is 0.226 e. The summed E-state index contributed by atoms with van der Waals surface area (Å²) in [6.07, 6.45) is 0.526. The number of anilines is 1. The van der Waals surface area contributed by atoms with E-state index in [1.165, 1.54) is 0 Å². The summed E-state index contributed by atoms with van der Waals surface area (Å²) in [4.78, 5) is 13.0. The van der Waals surface area contributed by atoms with E-state index in [2.05, 4.69) is 15.9 Å². The quantitative estimate of drug-likeness (QED) is 0.780. The van der Waals surface area contributed by atoms with Crippen molar-refractivity contribution < 1.29 is 4.79 Å².